The Morgan fingerprint density at radius 3 is 2.23 bits per heavy atom. The Labute approximate surface area is 82.1 Å². The van der Waals surface area contributed by atoms with Crippen molar-refractivity contribution in [3.8, 4) is 0 Å². The van der Waals surface area contributed by atoms with E-state index >= 15 is 0 Å². The molecule has 0 aliphatic carbocycles. The lowest BCUT2D eigenvalue weighted by atomic mass is 9.82. The molecule has 0 aromatic carbocycles. The number of rotatable bonds is 3. The van der Waals surface area contributed by atoms with Crippen LogP contribution >= 0.6 is 0 Å². The summed E-state index contributed by atoms with van der Waals surface area (Å²) in [6, 6.07) is 1.70. The van der Waals surface area contributed by atoms with Gasteiger partial charge in [0.2, 0.25) is 5.91 Å². The van der Waals surface area contributed by atoms with Crippen molar-refractivity contribution in [2.24, 2.45) is 11.8 Å². The lowest BCUT2D eigenvalue weighted by molar-refractivity contribution is -0.136. The fourth-order valence-electron chi connectivity index (χ4n) is 2.06. The van der Waals surface area contributed by atoms with E-state index < -0.39 is 8.07 Å². The molecule has 2 unspecified atom stereocenters. The first kappa shape index (κ1) is 10.8. The molecule has 76 valence electrons. The molecule has 13 heavy (non-hydrogen) atoms. The largest absolute Gasteiger partial charge is 0.353 e. The molecule has 1 aliphatic heterocycles. The molecule has 1 N–H and O–H groups in total. The summed E-state index contributed by atoms with van der Waals surface area (Å²) < 4.78 is 0. The summed E-state index contributed by atoms with van der Waals surface area (Å²) in [6.07, 6.45) is 0. The minimum Gasteiger partial charge on any atom is -0.353 e. The number of β-lactam (4-membered cyclic amide) rings is 1. The normalized spacial score (nSPS) is 28.6. The van der Waals surface area contributed by atoms with E-state index in [2.05, 4.69) is 38.8 Å². The van der Waals surface area contributed by atoms with E-state index in [1.807, 2.05) is 0 Å². The number of nitrogens with one attached hydrogen (secondary N) is 1. The SMILES string of the molecule is CC(C)C1C(=O)NC1C[Si](C)(C)C. The quantitative estimate of drug-likeness (QED) is 0.547. The predicted molar refractivity (Wildman–Crippen MR) is 58.4 cm³/mol. The van der Waals surface area contributed by atoms with Gasteiger partial charge in [-0.2, -0.15) is 0 Å². The van der Waals surface area contributed by atoms with Gasteiger partial charge in [-0.05, 0) is 12.0 Å². The number of amides is 1. The maximum atomic E-state index is 11.3. The van der Waals surface area contributed by atoms with E-state index in [0.29, 0.717) is 12.0 Å². The minimum absolute atomic E-state index is 0.262. The van der Waals surface area contributed by atoms with Crippen molar-refractivity contribution in [2.45, 2.75) is 45.6 Å². The van der Waals surface area contributed by atoms with Crippen molar-refractivity contribution >= 4 is 14.0 Å². The lowest BCUT2D eigenvalue weighted by Crippen LogP contribution is -2.61. The Bertz CT molecular complexity index is 207. The summed E-state index contributed by atoms with van der Waals surface area (Å²) in [5, 5.41) is 3.03. The number of hydrogen-bond acceptors (Lipinski definition) is 1. The first-order valence-electron chi connectivity index (χ1n) is 5.11. The monoisotopic (exact) mass is 199 g/mol. The Hall–Kier alpha value is -0.313. The predicted octanol–water partition coefficient (Wildman–Crippen LogP) is 2.10. The third kappa shape index (κ3) is 2.56. The second-order valence-corrected chi connectivity index (χ2v) is 11.2. The molecule has 0 aromatic heterocycles. The lowest BCUT2D eigenvalue weighted by Gasteiger charge is -2.42. The average molecular weight is 199 g/mol. The Morgan fingerprint density at radius 1 is 1.38 bits per heavy atom. The molecule has 0 aromatic rings. The molecule has 1 amide bonds. The van der Waals surface area contributed by atoms with Gasteiger partial charge in [-0.1, -0.05) is 33.5 Å². The van der Waals surface area contributed by atoms with Gasteiger partial charge in [0.05, 0.1) is 5.92 Å². The van der Waals surface area contributed by atoms with Crippen LogP contribution in [-0.2, 0) is 4.79 Å². The Balaban J connectivity index is 2.50. The van der Waals surface area contributed by atoms with Crippen molar-refractivity contribution in [2.75, 3.05) is 0 Å². The van der Waals surface area contributed by atoms with Crippen LogP contribution in [0.15, 0.2) is 0 Å². The maximum Gasteiger partial charge on any atom is 0.225 e. The van der Waals surface area contributed by atoms with Crippen LogP contribution in [-0.4, -0.2) is 20.0 Å². The topological polar surface area (TPSA) is 29.1 Å². The van der Waals surface area contributed by atoms with Crippen LogP contribution in [0, 0.1) is 11.8 Å². The van der Waals surface area contributed by atoms with Crippen LogP contribution in [0.4, 0.5) is 0 Å². The molecule has 1 rings (SSSR count). The van der Waals surface area contributed by atoms with E-state index in [4.69, 9.17) is 0 Å². The molecule has 0 radical (unpaired) electrons. The van der Waals surface area contributed by atoms with E-state index in [1.165, 1.54) is 6.04 Å². The van der Waals surface area contributed by atoms with Gasteiger partial charge in [-0.3, -0.25) is 4.79 Å². The third-order valence-electron chi connectivity index (χ3n) is 2.61. The summed E-state index contributed by atoms with van der Waals surface area (Å²) in [7, 11) is -1.02. The Kier molecular flexibility index (Phi) is 2.85. The maximum absolute atomic E-state index is 11.3. The van der Waals surface area contributed by atoms with Gasteiger partial charge in [0.25, 0.3) is 0 Å². The van der Waals surface area contributed by atoms with Crippen molar-refractivity contribution in [3.63, 3.8) is 0 Å². The first-order chi connectivity index (χ1) is 5.81. The number of carbonyl (C=O) groups is 1. The summed E-state index contributed by atoms with van der Waals surface area (Å²) in [5.41, 5.74) is 0. The van der Waals surface area contributed by atoms with E-state index in [0.717, 1.165) is 0 Å². The fraction of sp³-hybridized carbons (Fsp3) is 0.900. The van der Waals surface area contributed by atoms with Crippen LogP contribution in [0.5, 0.6) is 0 Å². The first-order valence-corrected chi connectivity index (χ1v) is 8.82. The van der Waals surface area contributed by atoms with Crippen LogP contribution in [0.3, 0.4) is 0 Å². The molecule has 1 fully saturated rings. The zero-order valence-corrected chi connectivity index (χ0v) is 10.3. The van der Waals surface area contributed by atoms with Crippen molar-refractivity contribution in [1.29, 1.82) is 0 Å². The molecular formula is C10H21NOSi. The molecule has 1 heterocycles. The minimum atomic E-state index is -1.02. The van der Waals surface area contributed by atoms with Crippen LogP contribution in [0.2, 0.25) is 25.7 Å². The highest BCUT2D eigenvalue weighted by Gasteiger charge is 2.42. The van der Waals surface area contributed by atoms with Crippen molar-refractivity contribution < 1.29 is 4.79 Å². The fourth-order valence-corrected chi connectivity index (χ4v) is 3.74. The average Bonchev–Trinajstić information content (AvgIpc) is 1.80. The molecule has 2 nitrogen and oxygen atoms in total. The van der Waals surface area contributed by atoms with E-state index in [1.54, 1.807) is 0 Å². The molecule has 0 saturated carbocycles. The molecule has 0 bridgehead atoms. The standard InChI is InChI=1S/C10H21NOSi/c1-7(2)9-8(11-10(9)12)6-13(3,4)5/h7-9H,6H2,1-5H3,(H,11,12). The highest BCUT2D eigenvalue weighted by atomic mass is 28.3. The third-order valence-corrected chi connectivity index (χ3v) is 4.28. The zero-order chi connectivity index (χ0) is 10.2. The highest BCUT2D eigenvalue weighted by Crippen LogP contribution is 2.29. The summed E-state index contributed by atoms with van der Waals surface area (Å²) in [6.45, 7) is 11.3. The van der Waals surface area contributed by atoms with Gasteiger partial charge in [0.1, 0.15) is 0 Å². The van der Waals surface area contributed by atoms with Gasteiger partial charge in [0.15, 0.2) is 0 Å². The molecule has 2 atom stereocenters. The summed E-state index contributed by atoms with van der Waals surface area (Å²) in [5.74, 6) is 1.04. The number of hydrogen-bond donors (Lipinski definition) is 1. The van der Waals surface area contributed by atoms with Crippen LogP contribution in [0.1, 0.15) is 13.8 Å². The van der Waals surface area contributed by atoms with E-state index in [9.17, 15) is 4.79 Å². The zero-order valence-electron chi connectivity index (χ0n) is 9.35. The van der Waals surface area contributed by atoms with Gasteiger partial charge in [-0.25, -0.2) is 0 Å². The van der Waals surface area contributed by atoms with Crippen LogP contribution in [0.25, 0.3) is 0 Å². The molecule has 3 heteroatoms. The second kappa shape index (κ2) is 3.44. The molecule has 1 aliphatic rings. The highest BCUT2D eigenvalue weighted by molar-refractivity contribution is 6.76. The Morgan fingerprint density at radius 2 is 1.92 bits per heavy atom. The van der Waals surface area contributed by atoms with Gasteiger partial charge in [-0.15, -0.1) is 0 Å². The van der Waals surface area contributed by atoms with Crippen LogP contribution < -0.4 is 5.32 Å². The molecule has 0 spiro atoms. The van der Waals surface area contributed by atoms with Gasteiger partial charge >= 0.3 is 0 Å². The van der Waals surface area contributed by atoms with Crippen molar-refractivity contribution in [3.05, 3.63) is 0 Å². The second-order valence-electron chi connectivity index (χ2n) is 5.65. The summed E-state index contributed by atoms with van der Waals surface area (Å²) >= 11 is 0. The smallest absolute Gasteiger partial charge is 0.225 e. The van der Waals surface area contributed by atoms with Gasteiger partial charge < -0.3 is 5.32 Å². The number of carbonyl (C=O) groups excluding carboxylic acids is 1. The van der Waals surface area contributed by atoms with E-state index in [-0.39, 0.29) is 11.8 Å². The summed E-state index contributed by atoms with van der Waals surface area (Å²) in [4.78, 5) is 11.3. The molecular weight excluding hydrogens is 178 g/mol. The van der Waals surface area contributed by atoms with Gasteiger partial charge in [0, 0.05) is 14.1 Å². The molecule has 1 saturated heterocycles. The van der Waals surface area contributed by atoms with Crippen molar-refractivity contribution in [1.82, 2.24) is 5.32 Å².